The minimum Gasteiger partial charge on any atom is -0.395 e. The molecule has 1 heterocycles. The van der Waals surface area contributed by atoms with E-state index in [0.717, 1.165) is 37.1 Å². The van der Waals surface area contributed by atoms with Crippen LogP contribution < -0.4 is 5.69 Å². The lowest BCUT2D eigenvalue weighted by molar-refractivity contribution is 0.0990. The van der Waals surface area contributed by atoms with Crippen LogP contribution in [0.3, 0.4) is 0 Å². The fraction of sp³-hybridized carbons (Fsp3) is 0.562. The summed E-state index contributed by atoms with van der Waals surface area (Å²) in [6, 6.07) is 8.43. The van der Waals surface area contributed by atoms with Crippen molar-refractivity contribution in [2.45, 2.75) is 38.3 Å². The quantitative estimate of drug-likeness (QED) is 0.813. The van der Waals surface area contributed by atoms with Gasteiger partial charge in [0.25, 0.3) is 0 Å². The monoisotopic (exact) mass is 289 g/mol. The molecule has 0 unspecified atom stereocenters. The number of nitrogens with one attached hydrogen (secondary N) is 1. The second-order valence-electron chi connectivity index (χ2n) is 5.80. The van der Waals surface area contributed by atoms with Gasteiger partial charge in [-0.15, -0.1) is 0 Å². The van der Waals surface area contributed by atoms with Crippen LogP contribution in [0.1, 0.15) is 25.7 Å². The zero-order valence-corrected chi connectivity index (χ0v) is 12.3. The number of hydrogen-bond donors (Lipinski definition) is 2. The SMILES string of the molecule is O=c1[nH]c2ccccc2n1CCCN(CCO)C1CCC1. The second kappa shape index (κ2) is 6.45. The van der Waals surface area contributed by atoms with Gasteiger partial charge in [0.2, 0.25) is 0 Å². The Morgan fingerprint density at radius 1 is 1.29 bits per heavy atom. The molecule has 1 saturated carbocycles. The van der Waals surface area contributed by atoms with E-state index in [-0.39, 0.29) is 12.3 Å². The molecule has 114 valence electrons. The molecule has 1 aromatic heterocycles. The van der Waals surface area contributed by atoms with Crippen molar-refractivity contribution in [3.05, 3.63) is 34.7 Å². The van der Waals surface area contributed by atoms with Crippen LogP contribution in [0, 0.1) is 0 Å². The van der Waals surface area contributed by atoms with Crippen LogP contribution in [0.25, 0.3) is 11.0 Å². The van der Waals surface area contributed by atoms with Gasteiger partial charge in [-0.05, 0) is 31.4 Å². The van der Waals surface area contributed by atoms with E-state index >= 15 is 0 Å². The Bertz CT molecular complexity index is 642. The number of aromatic amines is 1. The van der Waals surface area contributed by atoms with E-state index in [0.29, 0.717) is 6.04 Å². The van der Waals surface area contributed by atoms with Gasteiger partial charge in [-0.3, -0.25) is 9.47 Å². The molecule has 0 amide bonds. The minimum atomic E-state index is -0.0337. The van der Waals surface area contributed by atoms with Crippen LogP contribution >= 0.6 is 0 Å². The molecular formula is C16H23N3O2. The molecule has 1 aliphatic carbocycles. The largest absolute Gasteiger partial charge is 0.395 e. The maximum atomic E-state index is 12.0. The first-order valence-corrected chi connectivity index (χ1v) is 7.82. The van der Waals surface area contributed by atoms with E-state index in [1.165, 1.54) is 19.3 Å². The Morgan fingerprint density at radius 3 is 2.81 bits per heavy atom. The van der Waals surface area contributed by atoms with Crippen molar-refractivity contribution >= 4 is 11.0 Å². The lowest BCUT2D eigenvalue weighted by Gasteiger charge is -2.37. The number of imidazole rings is 1. The van der Waals surface area contributed by atoms with Crippen molar-refractivity contribution in [1.29, 1.82) is 0 Å². The van der Waals surface area contributed by atoms with Crippen molar-refractivity contribution in [3.8, 4) is 0 Å². The van der Waals surface area contributed by atoms with E-state index in [4.69, 9.17) is 0 Å². The van der Waals surface area contributed by atoms with Gasteiger partial charge < -0.3 is 10.1 Å². The molecule has 2 aromatic rings. The first-order chi connectivity index (χ1) is 10.3. The maximum absolute atomic E-state index is 12.0. The molecule has 5 heteroatoms. The van der Waals surface area contributed by atoms with Crippen molar-refractivity contribution in [2.24, 2.45) is 0 Å². The van der Waals surface area contributed by atoms with Crippen LogP contribution in [-0.2, 0) is 6.54 Å². The average molecular weight is 289 g/mol. The Labute approximate surface area is 124 Å². The zero-order chi connectivity index (χ0) is 14.7. The zero-order valence-electron chi connectivity index (χ0n) is 12.3. The van der Waals surface area contributed by atoms with Crippen LogP contribution in [0.15, 0.2) is 29.1 Å². The molecule has 3 rings (SSSR count). The Morgan fingerprint density at radius 2 is 2.10 bits per heavy atom. The molecule has 1 fully saturated rings. The summed E-state index contributed by atoms with van der Waals surface area (Å²) in [6.45, 7) is 2.62. The first-order valence-electron chi connectivity index (χ1n) is 7.82. The number of H-pyrrole nitrogens is 1. The van der Waals surface area contributed by atoms with Crippen LogP contribution in [0.4, 0.5) is 0 Å². The fourth-order valence-electron chi connectivity index (χ4n) is 3.12. The van der Waals surface area contributed by atoms with E-state index in [1.807, 2.05) is 28.8 Å². The van der Waals surface area contributed by atoms with Crippen LogP contribution in [0.2, 0.25) is 0 Å². The van der Waals surface area contributed by atoms with E-state index in [2.05, 4.69) is 9.88 Å². The number of fused-ring (bicyclic) bond motifs is 1. The molecule has 0 radical (unpaired) electrons. The molecule has 0 spiro atoms. The van der Waals surface area contributed by atoms with Gasteiger partial charge in [-0.2, -0.15) is 0 Å². The number of benzene rings is 1. The molecule has 0 aliphatic heterocycles. The number of aliphatic hydroxyl groups is 1. The number of nitrogens with zero attached hydrogens (tertiary/aromatic N) is 2. The molecule has 0 bridgehead atoms. The maximum Gasteiger partial charge on any atom is 0.326 e. The second-order valence-corrected chi connectivity index (χ2v) is 5.80. The molecular weight excluding hydrogens is 266 g/mol. The third kappa shape index (κ3) is 3.04. The van der Waals surface area contributed by atoms with Crippen molar-refractivity contribution < 1.29 is 5.11 Å². The van der Waals surface area contributed by atoms with E-state index < -0.39 is 0 Å². The molecule has 1 aliphatic rings. The Kier molecular flexibility index (Phi) is 4.41. The average Bonchev–Trinajstić information content (AvgIpc) is 2.73. The highest BCUT2D eigenvalue weighted by Gasteiger charge is 2.23. The molecule has 1 aromatic carbocycles. The number of rotatable bonds is 7. The summed E-state index contributed by atoms with van der Waals surface area (Å²) in [6.07, 6.45) is 4.72. The number of para-hydroxylation sites is 2. The van der Waals surface area contributed by atoms with Gasteiger partial charge in [-0.25, -0.2) is 4.79 Å². The summed E-state index contributed by atoms with van der Waals surface area (Å²) in [7, 11) is 0. The number of aromatic nitrogens is 2. The summed E-state index contributed by atoms with van der Waals surface area (Å²) in [5.41, 5.74) is 1.84. The molecule has 2 N–H and O–H groups in total. The topological polar surface area (TPSA) is 61.3 Å². The third-order valence-electron chi connectivity index (χ3n) is 4.49. The predicted molar refractivity (Wildman–Crippen MR) is 83.5 cm³/mol. The molecule has 5 nitrogen and oxygen atoms in total. The fourth-order valence-corrected chi connectivity index (χ4v) is 3.12. The lowest BCUT2D eigenvalue weighted by Crippen LogP contribution is -2.42. The highest BCUT2D eigenvalue weighted by atomic mass is 16.3. The van der Waals surface area contributed by atoms with Gasteiger partial charge in [0, 0.05) is 25.7 Å². The highest BCUT2D eigenvalue weighted by molar-refractivity contribution is 5.74. The van der Waals surface area contributed by atoms with Gasteiger partial charge >= 0.3 is 5.69 Å². The van der Waals surface area contributed by atoms with Gasteiger partial charge in [-0.1, -0.05) is 18.6 Å². The Balaban J connectivity index is 1.63. The number of aliphatic hydroxyl groups excluding tert-OH is 1. The standard InChI is InChI=1S/C16H23N3O2/c20-12-11-18(13-5-3-6-13)9-4-10-19-15-8-2-1-7-14(15)17-16(19)21/h1-2,7-8,13,20H,3-6,9-12H2,(H,17,21). The van der Waals surface area contributed by atoms with Gasteiger partial charge in [0.15, 0.2) is 0 Å². The summed E-state index contributed by atoms with van der Waals surface area (Å²) >= 11 is 0. The first kappa shape index (κ1) is 14.4. The summed E-state index contributed by atoms with van der Waals surface area (Å²) in [5, 5.41) is 9.17. The lowest BCUT2D eigenvalue weighted by atomic mass is 9.91. The smallest absolute Gasteiger partial charge is 0.326 e. The van der Waals surface area contributed by atoms with Crippen molar-refractivity contribution in [2.75, 3.05) is 19.7 Å². The van der Waals surface area contributed by atoms with E-state index in [1.54, 1.807) is 0 Å². The minimum absolute atomic E-state index is 0.0337. The van der Waals surface area contributed by atoms with Crippen molar-refractivity contribution in [1.82, 2.24) is 14.5 Å². The molecule has 0 saturated heterocycles. The van der Waals surface area contributed by atoms with Gasteiger partial charge in [0.05, 0.1) is 17.6 Å². The highest BCUT2D eigenvalue weighted by Crippen LogP contribution is 2.24. The third-order valence-corrected chi connectivity index (χ3v) is 4.49. The number of hydrogen-bond acceptors (Lipinski definition) is 3. The predicted octanol–water partition coefficient (Wildman–Crippen LogP) is 1.57. The summed E-state index contributed by atoms with van der Waals surface area (Å²) < 4.78 is 1.81. The van der Waals surface area contributed by atoms with Crippen molar-refractivity contribution in [3.63, 3.8) is 0 Å². The van der Waals surface area contributed by atoms with Crippen LogP contribution in [-0.4, -0.2) is 45.3 Å². The van der Waals surface area contributed by atoms with Crippen LogP contribution in [0.5, 0.6) is 0 Å². The summed E-state index contributed by atoms with van der Waals surface area (Å²) in [5.74, 6) is 0. The Hall–Kier alpha value is -1.59. The van der Waals surface area contributed by atoms with Gasteiger partial charge in [0.1, 0.15) is 0 Å². The normalized spacial score (nSPS) is 15.7. The summed E-state index contributed by atoms with van der Waals surface area (Å²) in [4.78, 5) is 17.2. The molecule has 21 heavy (non-hydrogen) atoms. The van der Waals surface area contributed by atoms with E-state index in [9.17, 15) is 9.90 Å². The number of aryl methyl sites for hydroxylation is 1. The molecule has 0 atom stereocenters.